The van der Waals surface area contributed by atoms with Gasteiger partial charge in [0, 0.05) is 18.6 Å². The molecular formula is C30H46O9. The van der Waals surface area contributed by atoms with Gasteiger partial charge in [-0.3, -0.25) is 0 Å². The molecule has 5 fully saturated rings. The molecule has 4 saturated carbocycles. The first-order valence-corrected chi connectivity index (χ1v) is 14.9. The Morgan fingerprint density at radius 2 is 1.82 bits per heavy atom. The monoisotopic (exact) mass is 550 g/mol. The van der Waals surface area contributed by atoms with E-state index < -0.39 is 47.8 Å². The number of carbonyl (C=O) groups is 1. The van der Waals surface area contributed by atoms with Crippen LogP contribution < -0.4 is 0 Å². The number of hydrogen-bond acceptors (Lipinski definition) is 9. The Hall–Kier alpha value is -1.07. The number of carbonyl (C=O) groups excluding carboxylic acids is 1. The standard InChI is InChI=1S/C30H46O9/c1-15-24(33)26(36-4)25(34)27(38-15)39-18-7-9-28(2)17(12-18)5-6-20-23(28)21(31)13-29(3)19(8-10-30(20,29)35)16-11-22(32)37-14-16/h11,15,17-21,23-27,31,33-35H,5-10,12-14H2,1-4H3/t15-,17-,18-,19-,20-,21-,23-,24+,25+,26+,27+,28+,29-,30-/m1/s1. The lowest BCUT2D eigenvalue weighted by Crippen LogP contribution is -2.66. The normalized spacial score (nSPS) is 55.3. The van der Waals surface area contributed by atoms with Gasteiger partial charge in [-0.2, -0.15) is 0 Å². The zero-order valence-electron chi connectivity index (χ0n) is 23.6. The molecule has 14 atom stereocenters. The summed E-state index contributed by atoms with van der Waals surface area (Å²) in [6.07, 6.45) is 3.05. The molecule has 39 heavy (non-hydrogen) atoms. The molecule has 9 heteroatoms. The Morgan fingerprint density at radius 1 is 1.05 bits per heavy atom. The van der Waals surface area contributed by atoms with Crippen molar-refractivity contribution in [2.75, 3.05) is 13.7 Å². The zero-order valence-corrected chi connectivity index (χ0v) is 23.6. The number of methoxy groups -OCH3 is 1. The van der Waals surface area contributed by atoms with Crippen LogP contribution in [0.4, 0.5) is 0 Å². The van der Waals surface area contributed by atoms with Gasteiger partial charge in [0.25, 0.3) is 0 Å². The molecule has 2 aliphatic heterocycles. The van der Waals surface area contributed by atoms with Gasteiger partial charge in [-0.05, 0) is 93.0 Å². The van der Waals surface area contributed by atoms with Crippen molar-refractivity contribution in [3.8, 4) is 0 Å². The number of cyclic esters (lactones) is 1. The van der Waals surface area contributed by atoms with E-state index in [0.717, 1.165) is 44.1 Å². The molecule has 0 amide bonds. The topological polar surface area (TPSA) is 135 Å². The minimum Gasteiger partial charge on any atom is -0.458 e. The molecule has 0 radical (unpaired) electrons. The fourth-order valence-corrected chi connectivity index (χ4v) is 10.2. The second-order valence-corrected chi connectivity index (χ2v) is 13.9. The largest absolute Gasteiger partial charge is 0.458 e. The van der Waals surface area contributed by atoms with Gasteiger partial charge in [0.15, 0.2) is 6.29 Å². The van der Waals surface area contributed by atoms with Crippen LogP contribution in [0.1, 0.15) is 72.1 Å². The molecule has 4 N–H and O–H groups in total. The molecule has 6 rings (SSSR count). The number of ether oxygens (including phenoxy) is 4. The Morgan fingerprint density at radius 3 is 2.51 bits per heavy atom. The first-order chi connectivity index (χ1) is 18.4. The number of hydrogen-bond donors (Lipinski definition) is 4. The summed E-state index contributed by atoms with van der Waals surface area (Å²) in [6.45, 7) is 6.46. The van der Waals surface area contributed by atoms with E-state index in [1.54, 1.807) is 13.0 Å². The summed E-state index contributed by atoms with van der Waals surface area (Å²) in [7, 11) is 1.47. The number of esters is 1. The summed E-state index contributed by atoms with van der Waals surface area (Å²) < 4.78 is 22.7. The Kier molecular flexibility index (Phi) is 7.02. The van der Waals surface area contributed by atoms with Crippen LogP contribution in [0.25, 0.3) is 0 Å². The highest BCUT2D eigenvalue weighted by Gasteiger charge is 2.70. The van der Waals surface area contributed by atoms with Gasteiger partial charge in [-0.25, -0.2) is 4.79 Å². The second kappa shape index (κ2) is 9.75. The highest BCUT2D eigenvalue weighted by Crippen LogP contribution is 2.70. The first-order valence-electron chi connectivity index (χ1n) is 14.9. The van der Waals surface area contributed by atoms with Crippen LogP contribution >= 0.6 is 0 Å². The fourth-order valence-electron chi connectivity index (χ4n) is 10.2. The van der Waals surface area contributed by atoms with Gasteiger partial charge in [0.1, 0.15) is 24.9 Å². The lowest BCUT2D eigenvalue weighted by Gasteiger charge is -2.65. The summed E-state index contributed by atoms with van der Waals surface area (Å²) in [5.74, 6) is 0.0523. The molecule has 220 valence electrons. The van der Waals surface area contributed by atoms with Crippen LogP contribution in [0.3, 0.4) is 0 Å². The highest BCUT2D eigenvalue weighted by atomic mass is 16.7. The summed E-state index contributed by atoms with van der Waals surface area (Å²) in [6, 6.07) is 0. The maximum atomic E-state index is 12.4. The second-order valence-electron chi connectivity index (χ2n) is 13.9. The van der Waals surface area contributed by atoms with Crippen LogP contribution in [0.15, 0.2) is 11.6 Å². The maximum Gasteiger partial charge on any atom is 0.331 e. The number of aliphatic hydroxyl groups is 4. The molecule has 6 aliphatic rings. The van der Waals surface area contributed by atoms with Gasteiger partial charge in [0.2, 0.25) is 0 Å². The molecule has 0 unspecified atom stereocenters. The van der Waals surface area contributed by atoms with Crippen molar-refractivity contribution >= 4 is 5.97 Å². The van der Waals surface area contributed by atoms with Crippen molar-refractivity contribution < 1.29 is 44.2 Å². The Bertz CT molecular complexity index is 1000. The summed E-state index contributed by atoms with van der Waals surface area (Å²) >= 11 is 0. The van der Waals surface area contributed by atoms with Crippen molar-refractivity contribution in [1.82, 2.24) is 0 Å². The van der Waals surface area contributed by atoms with Gasteiger partial charge < -0.3 is 39.4 Å². The van der Waals surface area contributed by atoms with E-state index >= 15 is 0 Å². The molecule has 0 aromatic heterocycles. The number of fused-ring (bicyclic) bond motifs is 5. The maximum absolute atomic E-state index is 12.4. The van der Waals surface area contributed by atoms with Crippen molar-refractivity contribution in [2.45, 2.75) is 121 Å². The average molecular weight is 551 g/mol. The van der Waals surface area contributed by atoms with E-state index in [4.69, 9.17) is 18.9 Å². The molecule has 0 bridgehead atoms. The SMILES string of the molecule is CO[C@@H]1[C@H](O)[C@H](O[C@@H]2CC[C@@]3(C)[C@H](CC[C@@H]4[C@@H]3[C@H](O)C[C@]3(C)[C@@H](C5=CC(=O)OC5)CC[C@@]43O)C2)O[C@H](C)[C@@H]1O. The molecule has 0 spiro atoms. The first kappa shape index (κ1) is 28.1. The van der Waals surface area contributed by atoms with Gasteiger partial charge in [-0.1, -0.05) is 13.8 Å². The molecule has 9 nitrogen and oxygen atoms in total. The van der Waals surface area contributed by atoms with Crippen LogP contribution in [0, 0.1) is 34.5 Å². The summed E-state index contributed by atoms with van der Waals surface area (Å²) in [5, 5.41) is 45.2. The third-order valence-electron chi connectivity index (χ3n) is 12.3. The minimum absolute atomic E-state index is 0.00175. The molecule has 4 aliphatic carbocycles. The van der Waals surface area contributed by atoms with E-state index in [1.165, 1.54) is 7.11 Å². The van der Waals surface area contributed by atoms with E-state index in [1.807, 2.05) is 0 Å². The van der Waals surface area contributed by atoms with Crippen LogP contribution in [-0.4, -0.2) is 88.6 Å². The van der Waals surface area contributed by atoms with Gasteiger partial charge in [-0.15, -0.1) is 0 Å². The van der Waals surface area contributed by atoms with Crippen molar-refractivity contribution in [2.24, 2.45) is 34.5 Å². The molecule has 0 aromatic rings. The third kappa shape index (κ3) is 4.09. The molecule has 1 saturated heterocycles. The van der Waals surface area contributed by atoms with Crippen LogP contribution in [0.2, 0.25) is 0 Å². The zero-order chi connectivity index (χ0) is 27.9. The molecule has 0 aromatic carbocycles. The van der Waals surface area contributed by atoms with E-state index in [-0.39, 0.29) is 35.2 Å². The van der Waals surface area contributed by atoms with E-state index in [9.17, 15) is 25.2 Å². The van der Waals surface area contributed by atoms with E-state index in [2.05, 4.69) is 13.8 Å². The Labute approximate surface area is 230 Å². The molecule has 2 heterocycles. The molecular weight excluding hydrogens is 504 g/mol. The van der Waals surface area contributed by atoms with Crippen molar-refractivity contribution in [1.29, 1.82) is 0 Å². The third-order valence-corrected chi connectivity index (χ3v) is 12.3. The fraction of sp³-hybridized carbons (Fsp3) is 0.900. The predicted molar refractivity (Wildman–Crippen MR) is 139 cm³/mol. The predicted octanol–water partition coefficient (Wildman–Crippen LogP) is 2.08. The highest BCUT2D eigenvalue weighted by molar-refractivity contribution is 5.85. The average Bonchev–Trinajstić information content (AvgIpc) is 3.42. The van der Waals surface area contributed by atoms with Crippen LogP contribution in [-0.2, 0) is 23.7 Å². The lowest BCUT2D eigenvalue weighted by atomic mass is 9.42. The number of aliphatic hydroxyl groups excluding tert-OH is 3. The summed E-state index contributed by atoms with van der Waals surface area (Å²) in [4.78, 5) is 11.8. The minimum atomic E-state index is -1.08. The smallest absolute Gasteiger partial charge is 0.331 e. The van der Waals surface area contributed by atoms with E-state index in [0.29, 0.717) is 25.4 Å². The van der Waals surface area contributed by atoms with Gasteiger partial charge in [0.05, 0.1) is 23.9 Å². The van der Waals surface area contributed by atoms with Crippen molar-refractivity contribution in [3.05, 3.63) is 11.6 Å². The summed E-state index contributed by atoms with van der Waals surface area (Å²) in [5.41, 5.74) is -0.550. The Balaban J connectivity index is 1.18. The lowest BCUT2D eigenvalue weighted by molar-refractivity contribution is -0.314. The quantitative estimate of drug-likeness (QED) is 0.307. The number of rotatable bonds is 4. The van der Waals surface area contributed by atoms with Crippen molar-refractivity contribution in [3.63, 3.8) is 0 Å². The van der Waals surface area contributed by atoms with Crippen LogP contribution in [0.5, 0.6) is 0 Å². The van der Waals surface area contributed by atoms with Gasteiger partial charge >= 0.3 is 5.97 Å².